The van der Waals surface area contributed by atoms with Crippen LogP contribution in [0.25, 0.3) is 11.3 Å². The van der Waals surface area contributed by atoms with E-state index in [1.54, 1.807) is 17.2 Å². The third-order valence-electron chi connectivity index (χ3n) is 3.69. The van der Waals surface area contributed by atoms with E-state index < -0.39 is 0 Å². The molecule has 0 saturated carbocycles. The number of aromatic nitrogens is 3. The number of benzene rings is 1. The van der Waals surface area contributed by atoms with Crippen molar-refractivity contribution in [3.63, 3.8) is 0 Å². The number of hydrogen-bond acceptors (Lipinski definition) is 4. The van der Waals surface area contributed by atoms with E-state index in [0.29, 0.717) is 12.1 Å². The quantitative estimate of drug-likeness (QED) is 0.693. The lowest BCUT2D eigenvalue weighted by Gasteiger charge is -2.13. The molecular formula is C15H11N3OS. The molecule has 5 heteroatoms. The average molecular weight is 281 g/mol. The number of carbonyl (C=O) groups is 1. The van der Waals surface area contributed by atoms with E-state index in [2.05, 4.69) is 26.7 Å². The first-order valence-corrected chi connectivity index (χ1v) is 7.31. The maximum absolute atomic E-state index is 12.3. The molecule has 0 bridgehead atoms. The molecule has 98 valence electrons. The van der Waals surface area contributed by atoms with Gasteiger partial charge in [0.25, 0.3) is 0 Å². The average Bonchev–Trinajstić information content (AvgIpc) is 3.17. The van der Waals surface area contributed by atoms with Gasteiger partial charge >= 0.3 is 0 Å². The molecule has 0 fully saturated rings. The number of carbonyl (C=O) groups excluding carboxylic acids is 1. The lowest BCUT2D eigenvalue weighted by Crippen LogP contribution is -2.11. The molecule has 3 heterocycles. The molecule has 1 aliphatic rings. The zero-order chi connectivity index (χ0) is 13.5. The van der Waals surface area contributed by atoms with Crippen molar-refractivity contribution in [3.05, 3.63) is 58.9 Å². The van der Waals surface area contributed by atoms with Crippen LogP contribution in [-0.4, -0.2) is 20.3 Å². The van der Waals surface area contributed by atoms with Gasteiger partial charge in [0.15, 0.2) is 5.78 Å². The van der Waals surface area contributed by atoms with Gasteiger partial charge in [0.05, 0.1) is 29.8 Å². The van der Waals surface area contributed by atoms with E-state index in [-0.39, 0.29) is 11.8 Å². The molecule has 1 atom stereocenters. The highest BCUT2D eigenvalue weighted by molar-refractivity contribution is 7.07. The molecule has 3 aromatic rings. The number of imidazole rings is 1. The van der Waals surface area contributed by atoms with Gasteiger partial charge in [-0.2, -0.15) is 0 Å². The summed E-state index contributed by atoms with van der Waals surface area (Å²) in [5.74, 6) is 0.0765. The number of nitrogens with zero attached hydrogens (tertiary/aromatic N) is 3. The van der Waals surface area contributed by atoms with Gasteiger partial charge < -0.3 is 4.57 Å². The van der Waals surface area contributed by atoms with Crippen LogP contribution in [0.2, 0.25) is 0 Å². The van der Waals surface area contributed by atoms with Crippen molar-refractivity contribution in [2.45, 2.75) is 12.5 Å². The topological polar surface area (TPSA) is 47.8 Å². The summed E-state index contributed by atoms with van der Waals surface area (Å²) in [6, 6.07) is 8.22. The van der Waals surface area contributed by atoms with Gasteiger partial charge in [-0.3, -0.25) is 4.79 Å². The first kappa shape index (κ1) is 11.5. The summed E-state index contributed by atoms with van der Waals surface area (Å²) in [6.07, 6.45) is 4.07. The summed E-state index contributed by atoms with van der Waals surface area (Å²) >= 11 is 1.45. The molecule has 1 aliphatic heterocycles. The number of hydrogen-bond donors (Lipinski definition) is 0. The highest BCUT2D eigenvalue weighted by Gasteiger charge is 2.30. The van der Waals surface area contributed by atoms with Crippen molar-refractivity contribution >= 4 is 17.1 Å². The molecule has 0 N–H and O–H groups in total. The van der Waals surface area contributed by atoms with Gasteiger partial charge in [-0.25, -0.2) is 9.97 Å². The molecule has 1 aromatic carbocycles. The minimum atomic E-state index is 0.0258. The fraction of sp³-hybridized carbons (Fsp3) is 0.133. The maximum Gasteiger partial charge on any atom is 0.184 e. The molecule has 2 aromatic heterocycles. The molecule has 1 unspecified atom stereocenters. The summed E-state index contributed by atoms with van der Waals surface area (Å²) < 4.78 is 2.08. The first-order chi connectivity index (χ1) is 9.84. The van der Waals surface area contributed by atoms with Gasteiger partial charge in [-0.15, -0.1) is 11.3 Å². The van der Waals surface area contributed by atoms with Crippen LogP contribution in [0.4, 0.5) is 0 Å². The second-order valence-electron chi connectivity index (χ2n) is 4.79. The third kappa shape index (κ3) is 1.63. The van der Waals surface area contributed by atoms with Gasteiger partial charge in [-0.05, 0) is 5.56 Å². The van der Waals surface area contributed by atoms with Gasteiger partial charge in [0, 0.05) is 17.4 Å². The van der Waals surface area contributed by atoms with Crippen molar-refractivity contribution in [2.24, 2.45) is 0 Å². The van der Waals surface area contributed by atoms with Crippen LogP contribution in [0.3, 0.4) is 0 Å². The zero-order valence-electron chi connectivity index (χ0n) is 10.6. The second-order valence-corrected chi connectivity index (χ2v) is 5.51. The van der Waals surface area contributed by atoms with Crippen LogP contribution in [-0.2, 0) is 0 Å². The predicted octanol–water partition coefficient (Wildman–Crippen LogP) is 3.18. The normalized spacial score (nSPS) is 15.9. The number of ketones is 1. The second kappa shape index (κ2) is 4.38. The van der Waals surface area contributed by atoms with Crippen LogP contribution in [0.15, 0.2) is 47.7 Å². The van der Waals surface area contributed by atoms with E-state index in [1.165, 1.54) is 22.5 Å². The Balaban J connectivity index is 1.74. The Kier molecular flexibility index (Phi) is 2.53. The Morgan fingerprint density at radius 3 is 3.10 bits per heavy atom. The Morgan fingerprint density at radius 2 is 2.25 bits per heavy atom. The number of rotatable bonds is 3. The Hall–Kier alpha value is -2.27. The van der Waals surface area contributed by atoms with E-state index in [9.17, 15) is 4.79 Å². The van der Waals surface area contributed by atoms with E-state index in [0.717, 1.165) is 5.69 Å². The van der Waals surface area contributed by atoms with Gasteiger partial charge in [-0.1, -0.05) is 24.3 Å². The minimum absolute atomic E-state index is 0.0258. The summed E-state index contributed by atoms with van der Waals surface area (Å²) in [5, 5.41) is 1.80. The van der Waals surface area contributed by atoms with Crippen molar-refractivity contribution in [3.8, 4) is 11.3 Å². The van der Waals surface area contributed by atoms with Crippen molar-refractivity contribution in [1.29, 1.82) is 0 Å². The minimum Gasteiger partial charge on any atom is -0.322 e. The number of fused-ring (bicyclic) bond motifs is 3. The molecular weight excluding hydrogens is 270 g/mol. The standard InChI is InChI=1S/C15H11N3OS/c19-15(12-7-20-9-17-12)5-13-10-3-1-2-4-11(10)14-6-16-8-18(13)14/h1-4,6-9,13H,5H2. The maximum atomic E-state index is 12.3. The molecule has 0 aliphatic carbocycles. The molecule has 0 saturated heterocycles. The molecule has 0 amide bonds. The number of Topliss-reactive ketones (excluding diaryl/α,β-unsaturated/α-hetero) is 1. The van der Waals surface area contributed by atoms with Crippen molar-refractivity contribution < 1.29 is 4.79 Å². The Labute approximate surface area is 119 Å². The summed E-state index contributed by atoms with van der Waals surface area (Å²) in [5.41, 5.74) is 5.69. The van der Waals surface area contributed by atoms with Gasteiger partial charge in [0.1, 0.15) is 5.69 Å². The monoisotopic (exact) mass is 281 g/mol. The smallest absolute Gasteiger partial charge is 0.184 e. The van der Waals surface area contributed by atoms with Crippen LogP contribution in [0, 0.1) is 0 Å². The van der Waals surface area contributed by atoms with Crippen LogP contribution in [0.1, 0.15) is 28.5 Å². The van der Waals surface area contributed by atoms with E-state index in [1.807, 2.05) is 18.3 Å². The fourth-order valence-electron chi connectivity index (χ4n) is 2.77. The van der Waals surface area contributed by atoms with Crippen molar-refractivity contribution in [1.82, 2.24) is 14.5 Å². The molecule has 0 spiro atoms. The third-order valence-corrected chi connectivity index (χ3v) is 4.28. The highest BCUT2D eigenvalue weighted by Crippen LogP contribution is 2.40. The van der Waals surface area contributed by atoms with Crippen molar-refractivity contribution in [2.75, 3.05) is 0 Å². The zero-order valence-corrected chi connectivity index (χ0v) is 11.4. The largest absolute Gasteiger partial charge is 0.322 e. The lowest BCUT2D eigenvalue weighted by atomic mass is 9.99. The van der Waals surface area contributed by atoms with Crippen LogP contribution >= 0.6 is 11.3 Å². The summed E-state index contributed by atoms with van der Waals surface area (Å²) in [4.78, 5) is 20.6. The number of thiazole rings is 1. The molecule has 4 rings (SSSR count). The van der Waals surface area contributed by atoms with Gasteiger partial charge in [0.2, 0.25) is 0 Å². The van der Waals surface area contributed by atoms with Crippen LogP contribution < -0.4 is 0 Å². The summed E-state index contributed by atoms with van der Waals surface area (Å²) in [6.45, 7) is 0. The first-order valence-electron chi connectivity index (χ1n) is 6.37. The summed E-state index contributed by atoms with van der Waals surface area (Å²) in [7, 11) is 0. The fourth-order valence-corrected chi connectivity index (χ4v) is 3.33. The van der Waals surface area contributed by atoms with Crippen LogP contribution in [0.5, 0.6) is 0 Å². The van der Waals surface area contributed by atoms with E-state index >= 15 is 0 Å². The SMILES string of the molecule is O=C(CC1c2ccccc2-c2cncn21)c1cscn1. The predicted molar refractivity (Wildman–Crippen MR) is 76.9 cm³/mol. The Morgan fingerprint density at radius 1 is 1.35 bits per heavy atom. The highest BCUT2D eigenvalue weighted by atomic mass is 32.1. The lowest BCUT2D eigenvalue weighted by molar-refractivity contribution is 0.0966. The molecule has 20 heavy (non-hydrogen) atoms. The van der Waals surface area contributed by atoms with E-state index in [4.69, 9.17) is 0 Å². The Bertz CT molecular complexity index is 776. The molecule has 4 nitrogen and oxygen atoms in total. The molecule has 0 radical (unpaired) electrons.